The van der Waals surface area contributed by atoms with Crippen molar-refractivity contribution in [1.82, 2.24) is 4.90 Å². The summed E-state index contributed by atoms with van der Waals surface area (Å²) in [5.74, 6) is -0.444. The van der Waals surface area contributed by atoms with Gasteiger partial charge in [-0.15, -0.1) is 0 Å². The van der Waals surface area contributed by atoms with Crippen LogP contribution in [0.5, 0.6) is 11.5 Å². The molecule has 3 aromatic carbocycles. The molecule has 2 fully saturated rings. The maximum Gasteiger partial charge on any atom is 0.416 e. The first-order valence-electron chi connectivity index (χ1n) is 14.5. The standard InChI is InChI=1S/C33H35F3N2O5/c34-33(35,36)25-5-4-8-28(21-25)43-27-13-9-22(10-14-27)19-23-11-12-24(23)20-29(39)30(40)31(41)32(42)38-17-15-37(16-18-38)26-6-2-1-3-7-26/h1-10,13-14,21,23-24,30-31,40-41H,11-12,15-20H2/t23?,24?,30-,31+/m0/s1. The van der Waals surface area contributed by atoms with Gasteiger partial charge in [0.1, 0.15) is 17.6 Å². The Kier molecular flexibility index (Phi) is 9.37. The molecule has 1 saturated carbocycles. The third kappa shape index (κ3) is 7.55. The fourth-order valence-corrected chi connectivity index (χ4v) is 5.75. The highest BCUT2D eigenvalue weighted by Crippen LogP contribution is 2.40. The quantitative estimate of drug-likeness (QED) is 0.339. The van der Waals surface area contributed by atoms with Gasteiger partial charge in [-0.1, -0.05) is 36.4 Å². The summed E-state index contributed by atoms with van der Waals surface area (Å²) in [6.07, 6.45) is -5.53. The number of hydrogen-bond donors (Lipinski definition) is 2. The van der Waals surface area contributed by atoms with E-state index < -0.39 is 35.6 Å². The van der Waals surface area contributed by atoms with Crippen LogP contribution in [-0.2, 0) is 22.2 Å². The molecule has 3 aromatic rings. The highest BCUT2D eigenvalue weighted by Gasteiger charge is 2.38. The number of piperazine rings is 1. The van der Waals surface area contributed by atoms with Gasteiger partial charge in [-0.25, -0.2) is 0 Å². The van der Waals surface area contributed by atoms with Crippen molar-refractivity contribution >= 4 is 17.4 Å². The maximum absolute atomic E-state index is 13.0. The lowest BCUT2D eigenvalue weighted by Crippen LogP contribution is -2.54. The van der Waals surface area contributed by atoms with Gasteiger partial charge in [0.25, 0.3) is 5.91 Å². The number of Topliss-reactive ketones (excluding diaryl/α,β-unsaturated/α-hetero) is 1. The van der Waals surface area contributed by atoms with E-state index in [1.165, 1.54) is 17.0 Å². The number of anilines is 1. The summed E-state index contributed by atoms with van der Waals surface area (Å²) in [5.41, 5.74) is 1.26. The molecule has 0 spiro atoms. The zero-order chi connectivity index (χ0) is 30.6. The predicted octanol–water partition coefficient (Wildman–Crippen LogP) is 5.10. The fraction of sp³-hybridized carbons (Fsp3) is 0.394. The van der Waals surface area contributed by atoms with Gasteiger partial charge in [0, 0.05) is 38.3 Å². The molecule has 0 radical (unpaired) electrons. The Bertz CT molecular complexity index is 1390. The smallest absolute Gasteiger partial charge is 0.416 e. The van der Waals surface area contributed by atoms with E-state index in [0.29, 0.717) is 38.3 Å². The minimum Gasteiger partial charge on any atom is -0.457 e. The molecule has 2 aliphatic rings. The maximum atomic E-state index is 13.0. The monoisotopic (exact) mass is 596 g/mol. The van der Waals surface area contributed by atoms with Gasteiger partial charge in [-0.2, -0.15) is 13.2 Å². The Morgan fingerprint density at radius 3 is 2.12 bits per heavy atom. The predicted molar refractivity (Wildman–Crippen MR) is 155 cm³/mol. The molecule has 1 heterocycles. The summed E-state index contributed by atoms with van der Waals surface area (Å²) < 4.78 is 44.5. The number of amides is 1. The van der Waals surface area contributed by atoms with Crippen LogP contribution in [0.1, 0.15) is 30.4 Å². The fourth-order valence-electron chi connectivity index (χ4n) is 5.75. The second kappa shape index (κ2) is 13.2. The molecule has 1 aliphatic heterocycles. The number of nitrogens with zero attached hydrogens (tertiary/aromatic N) is 2. The lowest BCUT2D eigenvalue weighted by Gasteiger charge is -2.38. The van der Waals surface area contributed by atoms with Crippen molar-refractivity contribution in [2.24, 2.45) is 11.8 Å². The van der Waals surface area contributed by atoms with Crippen molar-refractivity contribution in [2.45, 2.75) is 44.1 Å². The molecule has 2 unspecified atom stereocenters. The normalized spacial score (nSPS) is 20.2. The number of hydrogen-bond acceptors (Lipinski definition) is 6. The first-order valence-corrected chi connectivity index (χ1v) is 14.5. The largest absolute Gasteiger partial charge is 0.457 e. The Balaban J connectivity index is 1.08. The van der Waals surface area contributed by atoms with Crippen molar-refractivity contribution in [3.05, 3.63) is 90.0 Å². The van der Waals surface area contributed by atoms with Crippen LogP contribution in [0.4, 0.5) is 18.9 Å². The van der Waals surface area contributed by atoms with Crippen LogP contribution in [0.3, 0.4) is 0 Å². The summed E-state index contributed by atoms with van der Waals surface area (Å²) >= 11 is 0. The zero-order valence-electron chi connectivity index (χ0n) is 23.6. The van der Waals surface area contributed by atoms with Gasteiger partial charge in [-0.05, 0) is 79.1 Å². The van der Waals surface area contributed by atoms with Crippen LogP contribution < -0.4 is 9.64 Å². The van der Waals surface area contributed by atoms with Gasteiger partial charge >= 0.3 is 6.18 Å². The van der Waals surface area contributed by atoms with Crippen LogP contribution in [-0.4, -0.2) is 65.2 Å². The summed E-state index contributed by atoms with van der Waals surface area (Å²) in [6, 6.07) is 21.6. The highest BCUT2D eigenvalue weighted by atomic mass is 19.4. The number of aliphatic hydroxyl groups excluding tert-OH is 2. The van der Waals surface area contributed by atoms with E-state index in [-0.39, 0.29) is 24.0 Å². The van der Waals surface area contributed by atoms with Gasteiger partial charge in [0.2, 0.25) is 0 Å². The Morgan fingerprint density at radius 1 is 0.814 bits per heavy atom. The first kappa shape index (κ1) is 30.6. The average molecular weight is 597 g/mol. The summed E-state index contributed by atoms with van der Waals surface area (Å²) in [4.78, 5) is 29.3. The topological polar surface area (TPSA) is 90.3 Å². The van der Waals surface area contributed by atoms with E-state index >= 15 is 0 Å². The molecule has 4 atom stereocenters. The van der Waals surface area contributed by atoms with E-state index in [1.54, 1.807) is 12.1 Å². The number of halogens is 3. The van der Waals surface area contributed by atoms with E-state index in [9.17, 15) is 33.0 Å². The number of ketones is 1. The minimum absolute atomic E-state index is 0.0277. The van der Waals surface area contributed by atoms with Crippen molar-refractivity contribution < 1.29 is 37.7 Å². The molecule has 2 N–H and O–H groups in total. The van der Waals surface area contributed by atoms with Crippen LogP contribution >= 0.6 is 0 Å². The van der Waals surface area contributed by atoms with Crippen molar-refractivity contribution in [3.8, 4) is 11.5 Å². The second-order valence-corrected chi connectivity index (χ2v) is 11.3. The van der Waals surface area contributed by atoms with Crippen molar-refractivity contribution in [2.75, 3.05) is 31.1 Å². The van der Waals surface area contributed by atoms with Crippen LogP contribution in [0.2, 0.25) is 0 Å². The van der Waals surface area contributed by atoms with Crippen LogP contribution in [0, 0.1) is 11.8 Å². The molecular weight excluding hydrogens is 561 g/mol. The summed E-state index contributed by atoms with van der Waals surface area (Å²) in [7, 11) is 0. The number of carbonyl (C=O) groups excluding carboxylic acids is 2. The zero-order valence-corrected chi connectivity index (χ0v) is 23.6. The second-order valence-electron chi connectivity index (χ2n) is 11.3. The molecule has 0 bridgehead atoms. The number of para-hydroxylation sites is 1. The molecule has 10 heteroatoms. The van der Waals surface area contributed by atoms with E-state index in [2.05, 4.69) is 4.90 Å². The molecule has 43 heavy (non-hydrogen) atoms. The Labute approximate surface area is 248 Å². The molecule has 7 nitrogen and oxygen atoms in total. The lowest BCUT2D eigenvalue weighted by atomic mass is 9.68. The van der Waals surface area contributed by atoms with E-state index in [4.69, 9.17) is 4.74 Å². The van der Waals surface area contributed by atoms with Gasteiger partial charge in [0.05, 0.1) is 5.56 Å². The SMILES string of the molecule is O=C(CC1CCC1Cc1ccc(Oc2cccc(C(F)(F)F)c2)cc1)[C@H](O)[C@@H](O)C(=O)N1CCN(c2ccccc2)CC1. The number of benzene rings is 3. The molecular formula is C33H35F3N2O5. The highest BCUT2D eigenvalue weighted by molar-refractivity contribution is 5.92. The number of alkyl halides is 3. The van der Waals surface area contributed by atoms with Gasteiger partial charge in [-0.3, -0.25) is 9.59 Å². The number of ether oxygens (including phenoxy) is 1. The Hall–Kier alpha value is -3.89. The first-order chi connectivity index (χ1) is 20.6. The molecule has 228 valence electrons. The molecule has 1 aliphatic carbocycles. The number of carbonyl (C=O) groups is 2. The van der Waals surface area contributed by atoms with Gasteiger partial charge < -0.3 is 24.7 Å². The summed E-state index contributed by atoms with van der Waals surface area (Å²) in [5, 5.41) is 21.1. The number of aliphatic hydroxyl groups is 2. The third-order valence-corrected chi connectivity index (χ3v) is 8.45. The minimum atomic E-state index is -4.45. The molecule has 1 saturated heterocycles. The van der Waals surface area contributed by atoms with Crippen LogP contribution in [0.25, 0.3) is 0 Å². The number of rotatable bonds is 10. The van der Waals surface area contributed by atoms with E-state index in [1.807, 2.05) is 42.5 Å². The van der Waals surface area contributed by atoms with E-state index in [0.717, 1.165) is 36.2 Å². The molecule has 5 rings (SSSR count). The van der Waals surface area contributed by atoms with Gasteiger partial charge in [0.15, 0.2) is 11.9 Å². The van der Waals surface area contributed by atoms with Crippen LogP contribution in [0.15, 0.2) is 78.9 Å². The van der Waals surface area contributed by atoms with Crippen molar-refractivity contribution in [1.29, 1.82) is 0 Å². The average Bonchev–Trinajstić information content (AvgIpc) is 3.01. The molecule has 0 aromatic heterocycles. The third-order valence-electron chi connectivity index (χ3n) is 8.45. The molecule has 1 amide bonds. The Morgan fingerprint density at radius 2 is 1.49 bits per heavy atom. The van der Waals surface area contributed by atoms with Crippen molar-refractivity contribution in [3.63, 3.8) is 0 Å². The lowest BCUT2D eigenvalue weighted by molar-refractivity contribution is -0.153. The summed E-state index contributed by atoms with van der Waals surface area (Å²) in [6.45, 7) is 1.96.